The molecule has 0 aliphatic carbocycles. The second-order valence-electron chi connectivity index (χ2n) is 6.01. The Morgan fingerprint density at radius 1 is 1.27 bits per heavy atom. The van der Waals surface area contributed by atoms with Gasteiger partial charge in [0.2, 0.25) is 0 Å². The van der Waals surface area contributed by atoms with Gasteiger partial charge in [-0.2, -0.15) is 5.10 Å². The molecule has 118 valence electrons. The summed E-state index contributed by atoms with van der Waals surface area (Å²) in [6.45, 7) is 2.51. The highest BCUT2D eigenvalue weighted by molar-refractivity contribution is 6.30. The number of benzene rings is 1. The second kappa shape index (κ2) is 6.39. The van der Waals surface area contributed by atoms with Crippen molar-refractivity contribution in [2.45, 2.75) is 24.9 Å². The molecule has 5 heteroatoms. The lowest BCUT2D eigenvalue weighted by Crippen LogP contribution is -2.41. The molecule has 0 amide bonds. The lowest BCUT2D eigenvalue weighted by Gasteiger charge is -2.36. The van der Waals surface area contributed by atoms with Gasteiger partial charge in [-0.15, -0.1) is 0 Å². The van der Waals surface area contributed by atoms with E-state index in [9.17, 15) is 0 Å². The van der Waals surface area contributed by atoms with Gasteiger partial charge in [-0.05, 0) is 36.6 Å². The highest BCUT2D eigenvalue weighted by Crippen LogP contribution is 2.37. The van der Waals surface area contributed by atoms with Crippen LogP contribution < -0.4 is 0 Å². The van der Waals surface area contributed by atoms with Gasteiger partial charge in [0.1, 0.15) is 5.67 Å². The third kappa shape index (κ3) is 3.33. The highest BCUT2D eigenvalue weighted by Gasteiger charge is 2.36. The number of hydrogen-bond donors (Lipinski definition) is 0. The first-order valence-electron chi connectivity index (χ1n) is 7.71. The van der Waals surface area contributed by atoms with Crippen LogP contribution in [0.2, 0.25) is 5.02 Å². The van der Waals surface area contributed by atoms with E-state index in [0.29, 0.717) is 23.4 Å². The van der Waals surface area contributed by atoms with E-state index in [1.54, 1.807) is 12.1 Å². The molecule has 0 N–H and O–H groups in total. The predicted octanol–water partition coefficient (Wildman–Crippen LogP) is 3.58. The van der Waals surface area contributed by atoms with Crippen molar-refractivity contribution in [3.63, 3.8) is 0 Å². The van der Waals surface area contributed by atoms with Crippen LogP contribution in [0.25, 0.3) is 0 Å². The van der Waals surface area contributed by atoms with Gasteiger partial charge >= 0.3 is 0 Å². The summed E-state index contributed by atoms with van der Waals surface area (Å²) in [6, 6.07) is 9.25. The van der Waals surface area contributed by atoms with Crippen molar-refractivity contribution in [1.29, 1.82) is 0 Å². The summed E-state index contributed by atoms with van der Waals surface area (Å²) in [5.74, 6) is 0. The first-order chi connectivity index (χ1) is 10.6. The molecular formula is C17H21ClFN3. The fourth-order valence-electron chi connectivity index (χ4n) is 3.11. The summed E-state index contributed by atoms with van der Waals surface area (Å²) < 4.78 is 17.0. The Morgan fingerprint density at radius 2 is 2.05 bits per heavy atom. The van der Waals surface area contributed by atoms with Crippen LogP contribution >= 0.6 is 11.6 Å². The molecule has 1 aromatic carbocycles. The van der Waals surface area contributed by atoms with Crippen molar-refractivity contribution < 1.29 is 4.39 Å². The fraction of sp³-hybridized carbons (Fsp3) is 0.471. The molecule has 0 saturated carbocycles. The van der Waals surface area contributed by atoms with Crippen molar-refractivity contribution in [1.82, 2.24) is 14.7 Å². The number of likely N-dealkylation sites (tertiary alicyclic amines) is 1. The van der Waals surface area contributed by atoms with E-state index in [2.05, 4.69) is 10.00 Å². The minimum Gasteiger partial charge on any atom is -0.303 e. The molecule has 1 fully saturated rings. The number of aromatic nitrogens is 2. The predicted molar refractivity (Wildman–Crippen MR) is 86.8 cm³/mol. The number of halogens is 2. The molecule has 1 aromatic heterocycles. The van der Waals surface area contributed by atoms with Gasteiger partial charge in [0.25, 0.3) is 0 Å². The monoisotopic (exact) mass is 321 g/mol. The van der Waals surface area contributed by atoms with E-state index in [-0.39, 0.29) is 0 Å². The molecule has 1 saturated heterocycles. The maximum atomic E-state index is 15.1. The van der Waals surface area contributed by atoms with Gasteiger partial charge in [-0.3, -0.25) is 4.68 Å². The van der Waals surface area contributed by atoms with Crippen molar-refractivity contribution in [2.24, 2.45) is 7.05 Å². The van der Waals surface area contributed by atoms with Crippen molar-refractivity contribution in [3.05, 3.63) is 52.8 Å². The maximum absolute atomic E-state index is 15.1. The van der Waals surface area contributed by atoms with Crippen molar-refractivity contribution in [3.8, 4) is 0 Å². The zero-order valence-corrected chi connectivity index (χ0v) is 13.6. The molecule has 0 radical (unpaired) electrons. The van der Waals surface area contributed by atoms with Crippen LogP contribution in [0.5, 0.6) is 0 Å². The minimum absolute atomic E-state index is 0.527. The smallest absolute Gasteiger partial charge is 0.138 e. The van der Waals surface area contributed by atoms with Crippen LogP contribution in [0.4, 0.5) is 4.39 Å². The SMILES string of the molecule is Cn1nccc1CCN1CCC(F)(c2cccc(Cl)c2)CC1. The molecule has 1 aliphatic heterocycles. The fourth-order valence-corrected chi connectivity index (χ4v) is 3.30. The molecule has 22 heavy (non-hydrogen) atoms. The van der Waals surface area contributed by atoms with Gasteiger partial charge in [-0.1, -0.05) is 23.7 Å². The van der Waals surface area contributed by atoms with Crippen LogP contribution in [-0.2, 0) is 19.1 Å². The standard InChI is InChI=1S/C17H21ClFN3/c1-21-16(5-9-20-21)6-10-22-11-7-17(19,8-12-22)14-3-2-4-15(18)13-14/h2-5,9,13H,6-8,10-12H2,1H3. The Morgan fingerprint density at radius 3 is 2.68 bits per heavy atom. The Balaban J connectivity index is 1.57. The number of alkyl halides is 1. The first-order valence-corrected chi connectivity index (χ1v) is 8.09. The van der Waals surface area contributed by atoms with Gasteiger partial charge < -0.3 is 4.90 Å². The summed E-state index contributed by atoms with van der Waals surface area (Å²) in [5.41, 5.74) is 0.687. The number of aryl methyl sites for hydroxylation is 1. The average molecular weight is 322 g/mol. The molecule has 0 atom stereocenters. The van der Waals surface area contributed by atoms with E-state index in [1.165, 1.54) is 5.69 Å². The van der Waals surface area contributed by atoms with Crippen molar-refractivity contribution in [2.75, 3.05) is 19.6 Å². The van der Waals surface area contributed by atoms with E-state index in [0.717, 1.165) is 26.1 Å². The van der Waals surface area contributed by atoms with E-state index in [4.69, 9.17) is 11.6 Å². The molecule has 0 spiro atoms. The molecular weight excluding hydrogens is 301 g/mol. The highest BCUT2D eigenvalue weighted by atomic mass is 35.5. The van der Waals surface area contributed by atoms with E-state index in [1.807, 2.05) is 36.1 Å². The third-order valence-electron chi connectivity index (χ3n) is 4.60. The zero-order chi connectivity index (χ0) is 15.6. The largest absolute Gasteiger partial charge is 0.303 e. The lowest BCUT2D eigenvalue weighted by molar-refractivity contribution is 0.0563. The summed E-state index contributed by atoms with van der Waals surface area (Å²) >= 11 is 5.99. The molecule has 1 aliphatic rings. The van der Waals surface area contributed by atoms with E-state index < -0.39 is 5.67 Å². The Hall–Kier alpha value is -1.39. The van der Waals surface area contributed by atoms with Gasteiger partial charge in [0.15, 0.2) is 0 Å². The van der Waals surface area contributed by atoms with Crippen LogP contribution in [0.3, 0.4) is 0 Å². The van der Waals surface area contributed by atoms with Gasteiger partial charge in [-0.25, -0.2) is 4.39 Å². The topological polar surface area (TPSA) is 21.1 Å². The summed E-state index contributed by atoms with van der Waals surface area (Å²) in [6.07, 6.45) is 3.82. The third-order valence-corrected chi connectivity index (χ3v) is 4.83. The number of nitrogens with zero attached hydrogens (tertiary/aromatic N) is 3. The van der Waals surface area contributed by atoms with Crippen LogP contribution in [-0.4, -0.2) is 34.3 Å². The van der Waals surface area contributed by atoms with Crippen LogP contribution in [0, 0.1) is 0 Å². The van der Waals surface area contributed by atoms with Gasteiger partial charge in [0, 0.05) is 50.0 Å². The number of piperidine rings is 1. The van der Waals surface area contributed by atoms with Crippen molar-refractivity contribution >= 4 is 11.6 Å². The summed E-state index contributed by atoms with van der Waals surface area (Å²) in [5, 5.41) is 4.78. The van der Waals surface area contributed by atoms with Crippen LogP contribution in [0.15, 0.2) is 36.5 Å². The Labute approximate surface area is 135 Å². The quantitative estimate of drug-likeness (QED) is 0.858. The molecule has 2 heterocycles. The normalized spacial score (nSPS) is 18.5. The summed E-state index contributed by atoms with van der Waals surface area (Å²) in [7, 11) is 1.96. The number of rotatable bonds is 4. The van der Waals surface area contributed by atoms with Gasteiger partial charge in [0.05, 0.1) is 0 Å². The van der Waals surface area contributed by atoms with E-state index >= 15 is 4.39 Å². The Bertz CT molecular complexity index is 632. The van der Waals surface area contributed by atoms with Crippen LogP contribution in [0.1, 0.15) is 24.1 Å². The molecule has 3 rings (SSSR count). The Kier molecular flexibility index (Phi) is 4.50. The zero-order valence-electron chi connectivity index (χ0n) is 12.8. The maximum Gasteiger partial charge on any atom is 0.138 e. The molecule has 0 unspecified atom stereocenters. The lowest BCUT2D eigenvalue weighted by atomic mass is 9.86. The minimum atomic E-state index is -1.24. The summed E-state index contributed by atoms with van der Waals surface area (Å²) in [4.78, 5) is 2.33. The molecule has 0 bridgehead atoms. The molecule has 2 aromatic rings. The number of hydrogen-bond acceptors (Lipinski definition) is 2. The second-order valence-corrected chi connectivity index (χ2v) is 6.45. The first kappa shape index (κ1) is 15.5. The molecule has 3 nitrogen and oxygen atoms in total. The average Bonchev–Trinajstić information content (AvgIpc) is 2.92.